The molecule has 0 amide bonds. The zero-order valence-electron chi connectivity index (χ0n) is 16.2. The van der Waals surface area contributed by atoms with Crippen LogP contribution in [0.3, 0.4) is 0 Å². The molecule has 0 radical (unpaired) electrons. The maximum atomic E-state index is 15.2. The lowest BCUT2D eigenvalue weighted by atomic mass is 9.48. The van der Waals surface area contributed by atoms with Crippen molar-refractivity contribution in [3.05, 3.63) is 12.2 Å². The molecular formula is C22H34F2O2. The van der Waals surface area contributed by atoms with Crippen molar-refractivity contribution in [2.24, 2.45) is 40.9 Å². The topological polar surface area (TPSA) is 40.5 Å². The molecule has 4 aliphatic carbocycles. The molecule has 148 valence electrons. The van der Waals surface area contributed by atoms with Crippen molar-refractivity contribution in [3.63, 3.8) is 0 Å². The Morgan fingerprint density at radius 1 is 0.962 bits per heavy atom. The van der Waals surface area contributed by atoms with E-state index in [2.05, 4.69) is 13.5 Å². The average Bonchev–Trinajstić information content (AvgIpc) is 2.91. The third kappa shape index (κ3) is 2.70. The molecular weight excluding hydrogens is 334 g/mol. The molecule has 26 heavy (non-hydrogen) atoms. The first-order chi connectivity index (χ1) is 12.1. The van der Waals surface area contributed by atoms with Gasteiger partial charge < -0.3 is 10.2 Å². The van der Waals surface area contributed by atoms with E-state index in [4.69, 9.17) is 0 Å². The van der Waals surface area contributed by atoms with Crippen molar-refractivity contribution in [1.29, 1.82) is 0 Å². The van der Waals surface area contributed by atoms with E-state index in [1.54, 1.807) is 6.92 Å². The zero-order chi connectivity index (χ0) is 18.9. The summed E-state index contributed by atoms with van der Waals surface area (Å²) in [5.74, 6) is -2.18. The molecule has 0 heterocycles. The molecule has 0 bridgehead atoms. The number of hydrogen-bond donors (Lipinski definition) is 2. The monoisotopic (exact) mass is 368 g/mol. The Hall–Kier alpha value is -0.480. The van der Waals surface area contributed by atoms with Gasteiger partial charge >= 0.3 is 0 Å². The predicted octanol–water partition coefficient (Wildman–Crippen LogP) is 4.80. The highest BCUT2D eigenvalue weighted by Gasteiger charge is 2.63. The van der Waals surface area contributed by atoms with Gasteiger partial charge in [0.05, 0.1) is 12.2 Å². The molecule has 0 aromatic carbocycles. The number of hydrogen-bond acceptors (Lipinski definition) is 2. The van der Waals surface area contributed by atoms with E-state index >= 15 is 8.78 Å². The van der Waals surface area contributed by atoms with Crippen LogP contribution in [0.15, 0.2) is 12.2 Å². The van der Waals surface area contributed by atoms with Gasteiger partial charge in [-0.1, -0.05) is 13.5 Å². The minimum atomic E-state index is -2.67. The lowest BCUT2D eigenvalue weighted by molar-refractivity contribution is -0.209. The van der Waals surface area contributed by atoms with Crippen molar-refractivity contribution in [2.45, 2.75) is 76.7 Å². The zero-order valence-corrected chi connectivity index (χ0v) is 16.2. The van der Waals surface area contributed by atoms with Crippen LogP contribution in [0, 0.1) is 40.9 Å². The minimum absolute atomic E-state index is 0.00646. The first kappa shape index (κ1) is 18.9. The summed E-state index contributed by atoms with van der Waals surface area (Å²) in [5.41, 5.74) is -0.0234. The van der Waals surface area contributed by atoms with Gasteiger partial charge in [0.15, 0.2) is 0 Å². The highest BCUT2D eigenvalue weighted by Crippen LogP contribution is 2.67. The minimum Gasteiger partial charge on any atom is -0.392 e. The van der Waals surface area contributed by atoms with Crippen LogP contribution in [-0.4, -0.2) is 28.3 Å². The van der Waals surface area contributed by atoms with Crippen LogP contribution in [0.4, 0.5) is 8.78 Å². The fraction of sp³-hybridized carbons (Fsp3) is 0.909. The van der Waals surface area contributed by atoms with Gasteiger partial charge in [-0.15, -0.1) is 0 Å². The van der Waals surface area contributed by atoms with Gasteiger partial charge in [0, 0.05) is 12.3 Å². The standard InChI is InChI=1S/C22H34F2O2/c1-13(12-25)17-4-5-18-16-10-22(23,24)19-11-20(2,26)8-6-15(19)14(16)7-9-21(17,18)3/h14-19,25-26H,1,4-12H2,2-3H3/t14-,15-,16-,17-,18+,19+,20+,21-/m1/s1. The Kier molecular flexibility index (Phi) is 4.36. The smallest absolute Gasteiger partial charge is 0.251 e. The Labute approximate surface area is 156 Å². The second-order valence-electron chi connectivity index (χ2n) is 10.4. The first-order valence-corrected chi connectivity index (χ1v) is 10.5. The van der Waals surface area contributed by atoms with Crippen LogP contribution in [0.1, 0.15) is 65.2 Å². The summed E-state index contributed by atoms with van der Waals surface area (Å²) in [5, 5.41) is 20.0. The van der Waals surface area contributed by atoms with Gasteiger partial charge in [-0.3, -0.25) is 0 Å². The highest BCUT2D eigenvalue weighted by atomic mass is 19.3. The Morgan fingerprint density at radius 2 is 1.65 bits per heavy atom. The summed E-state index contributed by atoms with van der Waals surface area (Å²) in [6, 6.07) is 0. The summed E-state index contributed by atoms with van der Waals surface area (Å²) < 4.78 is 30.4. The summed E-state index contributed by atoms with van der Waals surface area (Å²) >= 11 is 0. The molecule has 2 nitrogen and oxygen atoms in total. The second kappa shape index (κ2) is 6.01. The number of aliphatic hydroxyl groups is 2. The third-order valence-corrected chi connectivity index (χ3v) is 8.98. The van der Waals surface area contributed by atoms with Crippen molar-refractivity contribution < 1.29 is 19.0 Å². The van der Waals surface area contributed by atoms with Crippen molar-refractivity contribution in [1.82, 2.24) is 0 Å². The van der Waals surface area contributed by atoms with Crippen molar-refractivity contribution >= 4 is 0 Å². The lowest BCUT2D eigenvalue weighted by Crippen LogP contribution is -2.57. The van der Waals surface area contributed by atoms with Crippen LogP contribution in [0.25, 0.3) is 0 Å². The first-order valence-electron chi connectivity index (χ1n) is 10.5. The summed E-state index contributed by atoms with van der Waals surface area (Å²) in [4.78, 5) is 0. The van der Waals surface area contributed by atoms with E-state index in [1.165, 1.54) is 0 Å². The van der Waals surface area contributed by atoms with Crippen LogP contribution < -0.4 is 0 Å². The van der Waals surface area contributed by atoms with Gasteiger partial charge in [0.25, 0.3) is 5.92 Å². The molecule has 0 unspecified atom stereocenters. The third-order valence-electron chi connectivity index (χ3n) is 8.98. The molecule has 4 heteroatoms. The molecule has 0 saturated heterocycles. The number of rotatable bonds is 2. The van der Waals surface area contributed by atoms with E-state index in [0.29, 0.717) is 18.3 Å². The molecule has 0 aromatic rings. The Morgan fingerprint density at radius 3 is 2.35 bits per heavy atom. The van der Waals surface area contributed by atoms with Gasteiger partial charge in [-0.05, 0) is 92.4 Å². The normalized spacial score (nSPS) is 52.7. The predicted molar refractivity (Wildman–Crippen MR) is 97.8 cm³/mol. The Balaban J connectivity index is 1.63. The molecule has 2 N–H and O–H groups in total. The van der Waals surface area contributed by atoms with Crippen LogP contribution in [0.2, 0.25) is 0 Å². The summed E-state index contributed by atoms with van der Waals surface area (Å²) in [6.45, 7) is 8.08. The van der Waals surface area contributed by atoms with E-state index in [9.17, 15) is 10.2 Å². The molecule has 4 saturated carbocycles. The molecule has 0 spiro atoms. The Bertz CT molecular complexity index is 587. The fourth-order valence-electron chi connectivity index (χ4n) is 7.77. The summed E-state index contributed by atoms with van der Waals surface area (Å²) in [6.07, 6.45) is 5.70. The van der Waals surface area contributed by atoms with E-state index < -0.39 is 17.4 Å². The largest absolute Gasteiger partial charge is 0.392 e. The van der Waals surface area contributed by atoms with Crippen LogP contribution >= 0.6 is 0 Å². The lowest BCUT2D eigenvalue weighted by Gasteiger charge is -2.58. The van der Waals surface area contributed by atoms with Crippen molar-refractivity contribution in [2.75, 3.05) is 6.61 Å². The fourth-order valence-corrected chi connectivity index (χ4v) is 7.77. The van der Waals surface area contributed by atoms with E-state index in [-0.39, 0.29) is 42.6 Å². The number of aliphatic hydroxyl groups excluding tert-OH is 1. The number of alkyl halides is 2. The van der Waals surface area contributed by atoms with Gasteiger partial charge in [0.1, 0.15) is 0 Å². The summed E-state index contributed by atoms with van der Waals surface area (Å²) in [7, 11) is 0. The molecule has 8 atom stereocenters. The van der Waals surface area contributed by atoms with E-state index in [0.717, 1.165) is 37.7 Å². The molecule has 4 fully saturated rings. The highest BCUT2D eigenvalue weighted by molar-refractivity contribution is 5.16. The van der Waals surface area contributed by atoms with Gasteiger partial charge in [0.2, 0.25) is 0 Å². The molecule has 0 aromatic heterocycles. The molecule has 0 aliphatic heterocycles. The average molecular weight is 369 g/mol. The van der Waals surface area contributed by atoms with Gasteiger partial charge in [-0.2, -0.15) is 0 Å². The van der Waals surface area contributed by atoms with Crippen molar-refractivity contribution in [3.8, 4) is 0 Å². The second-order valence-corrected chi connectivity index (χ2v) is 10.4. The van der Waals surface area contributed by atoms with Crippen LogP contribution in [-0.2, 0) is 0 Å². The number of fused-ring (bicyclic) bond motifs is 5. The van der Waals surface area contributed by atoms with E-state index in [1.807, 2.05) is 0 Å². The molecule has 4 rings (SSSR count). The molecule has 4 aliphatic rings. The maximum absolute atomic E-state index is 15.2. The van der Waals surface area contributed by atoms with Crippen LogP contribution in [0.5, 0.6) is 0 Å². The number of halogens is 2. The quantitative estimate of drug-likeness (QED) is 0.688. The van der Waals surface area contributed by atoms with Gasteiger partial charge in [-0.25, -0.2) is 8.78 Å². The SMILES string of the molecule is C=C(CO)[C@H]1CC[C@H]2[C@@H]3CC(F)(F)[C@H]4C[C@@](C)(O)CC[C@@H]4[C@H]3CC[C@]12C. The maximum Gasteiger partial charge on any atom is 0.251 e.